The van der Waals surface area contributed by atoms with Gasteiger partial charge in [-0.05, 0) is 11.4 Å². The fourth-order valence-corrected chi connectivity index (χ4v) is 1.50. The van der Waals surface area contributed by atoms with Gasteiger partial charge in [0, 0.05) is 0 Å². The van der Waals surface area contributed by atoms with Gasteiger partial charge in [-0.2, -0.15) is 0 Å². The maximum absolute atomic E-state index is 10.7. The molecule has 0 fully saturated rings. The highest BCUT2D eigenvalue weighted by molar-refractivity contribution is 7.12. The van der Waals surface area contributed by atoms with E-state index >= 15 is 0 Å². The minimum atomic E-state index is -0.510. The summed E-state index contributed by atoms with van der Waals surface area (Å²) in [7, 11) is 0. The van der Waals surface area contributed by atoms with Crippen molar-refractivity contribution in [1.82, 2.24) is 0 Å². The minimum absolute atomic E-state index is 0.0733. The van der Waals surface area contributed by atoms with Crippen LogP contribution in [0.5, 0.6) is 5.06 Å². The molecule has 1 aromatic rings. The first-order valence-electron chi connectivity index (χ1n) is 3.36. The maximum Gasteiger partial charge on any atom is 0.253 e. The van der Waals surface area contributed by atoms with E-state index in [9.17, 15) is 4.79 Å². The van der Waals surface area contributed by atoms with E-state index in [1.807, 2.05) is 0 Å². The van der Waals surface area contributed by atoms with Crippen molar-refractivity contribution < 1.29 is 14.6 Å². The van der Waals surface area contributed by atoms with Crippen molar-refractivity contribution in [2.45, 2.75) is 0 Å². The Bertz CT molecular complexity index is 271. The van der Waals surface area contributed by atoms with Crippen molar-refractivity contribution in [2.24, 2.45) is 5.73 Å². The molecule has 0 saturated heterocycles. The van der Waals surface area contributed by atoms with Gasteiger partial charge in [-0.15, -0.1) is 11.3 Å². The van der Waals surface area contributed by atoms with E-state index in [-0.39, 0.29) is 13.2 Å². The number of hydrogen-bond donors (Lipinski definition) is 2. The van der Waals surface area contributed by atoms with Gasteiger partial charge < -0.3 is 15.6 Å². The lowest BCUT2D eigenvalue weighted by molar-refractivity contribution is 0.0996. The van der Waals surface area contributed by atoms with Crippen LogP contribution in [0.2, 0.25) is 0 Å². The standard InChI is InChI=1S/C7H9NO3S/c8-6(10)5-1-4-12-7(5)11-3-2-9/h1,4,9H,2-3H2,(H2,8,10). The summed E-state index contributed by atoms with van der Waals surface area (Å²) < 4.78 is 5.06. The van der Waals surface area contributed by atoms with Crippen molar-refractivity contribution in [1.29, 1.82) is 0 Å². The minimum Gasteiger partial charge on any atom is -0.481 e. The van der Waals surface area contributed by atoms with Crippen molar-refractivity contribution in [2.75, 3.05) is 13.2 Å². The molecule has 0 radical (unpaired) electrons. The lowest BCUT2D eigenvalue weighted by atomic mass is 10.3. The Morgan fingerprint density at radius 3 is 3.08 bits per heavy atom. The van der Waals surface area contributed by atoms with Crippen LogP contribution < -0.4 is 10.5 Å². The number of amides is 1. The molecule has 1 rings (SSSR count). The Balaban J connectivity index is 2.70. The lowest BCUT2D eigenvalue weighted by Gasteiger charge is -2.01. The number of carbonyl (C=O) groups is 1. The molecule has 1 amide bonds. The van der Waals surface area contributed by atoms with Crippen LogP contribution in [0.15, 0.2) is 11.4 Å². The molecule has 12 heavy (non-hydrogen) atoms. The van der Waals surface area contributed by atoms with Crippen molar-refractivity contribution in [3.8, 4) is 5.06 Å². The Morgan fingerprint density at radius 2 is 2.50 bits per heavy atom. The predicted molar refractivity (Wildman–Crippen MR) is 45.4 cm³/mol. The number of aliphatic hydroxyl groups is 1. The number of thiophene rings is 1. The smallest absolute Gasteiger partial charge is 0.253 e. The average molecular weight is 187 g/mol. The predicted octanol–water partition coefficient (Wildman–Crippen LogP) is 0.218. The highest BCUT2D eigenvalue weighted by Gasteiger charge is 2.09. The van der Waals surface area contributed by atoms with E-state index in [4.69, 9.17) is 15.6 Å². The molecule has 0 aliphatic carbocycles. The van der Waals surface area contributed by atoms with E-state index in [1.165, 1.54) is 11.3 Å². The first kappa shape index (κ1) is 9.02. The summed E-state index contributed by atoms with van der Waals surface area (Å²) in [5.41, 5.74) is 5.42. The quantitative estimate of drug-likeness (QED) is 0.708. The zero-order valence-corrected chi connectivity index (χ0v) is 7.13. The topological polar surface area (TPSA) is 72.6 Å². The number of aliphatic hydroxyl groups excluding tert-OH is 1. The zero-order valence-electron chi connectivity index (χ0n) is 6.32. The summed E-state index contributed by atoms with van der Waals surface area (Å²) in [6.45, 7) is 0.108. The molecule has 5 heteroatoms. The van der Waals surface area contributed by atoms with Crippen LogP contribution >= 0.6 is 11.3 Å². The first-order chi connectivity index (χ1) is 5.75. The summed E-state index contributed by atoms with van der Waals surface area (Å²) in [6, 6.07) is 1.60. The van der Waals surface area contributed by atoms with Crippen molar-refractivity contribution >= 4 is 17.2 Å². The highest BCUT2D eigenvalue weighted by Crippen LogP contribution is 2.25. The summed E-state index contributed by atoms with van der Waals surface area (Å²) in [5, 5.41) is 10.6. The van der Waals surface area contributed by atoms with Crippen molar-refractivity contribution in [3.05, 3.63) is 17.0 Å². The third-order valence-corrected chi connectivity index (χ3v) is 2.04. The zero-order chi connectivity index (χ0) is 8.97. The summed E-state index contributed by atoms with van der Waals surface area (Å²) in [6.07, 6.45) is 0. The van der Waals surface area contributed by atoms with Gasteiger partial charge in [-0.25, -0.2) is 0 Å². The molecule has 1 aromatic heterocycles. The number of nitrogens with two attached hydrogens (primary N) is 1. The molecule has 0 unspecified atom stereocenters. The van der Waals surface area contributed by atoms with Gasteiger partial charge in [0.05, 0.1) is 12.2 Å². The molecule has 0 aliphatic rings. The van der Waals surface area contributed by atoms with Gasteiger partial charge in [-0.1, -0.05) is 0 Å². The maximum atomic E-state index is 10.7. The Labute approximate surface area is 73.6 Å². The number of hydrogen-bond acceptors (Lipinski definition) is 4. The summed E-state index contributed by atoms with van der Waals surface area (Å²) in [5.74, 6) is -0.510. The second kappa shape index (κ2) is 4.08. The summed E-state index contributed by atoms with van der Waals surface area (Å²) in [4.78, 5) is 10.7. The van der Waals surface area contributed by atoms with Gasteiger partial charge >= 0.3 is 0 Å². The van der Waals surface area contributed by atoms with E-state index < -0.39 is 5.91 Å². The van der Waals surface area contributed by atoms with E-state index in [0.717, 1.165) is 0 Å². The van der Waals surface area contributed by atoms with Crippen LogP contribution in [0, 0.1) is 0 Å². The molecule has 0 aromatic carbocycles. The number of carbonyl (C=O) groups excluding carboxylic acids is 1. The number of primary amides is 1. The molecule has 0 saturated carbocycles. The van der Waals surface area contributed by atoms with Gasteiger partial charge in [-0.3, -0.25) is 4.79 Å². The molecule has 0 atom stereocenters. The molecule has 0 bridgehead atoms. The van der Waals surface area contributed by atoms with E-state index in [0.29, 0.717) is 10.6 Å². The second-order valence-corrected chi connectivity index (χ2v) is 2.94. The Morgan fingerprint density at radius 1 is 1.75 bits per heavy atom. The fourth-order valence-electron chi connectivity index (χ4n) is 0.728. The molecule has 66 valence electrons. The second-order valence-electron chi connectivity index (χ2n) is 2.06. The fraction of sp³-hybridized carbons (Fsp3) is 0.286. The third-order valence-electron chi connectivity index (χ3n) is 1.22. The third kappa shape index (κ3) is 1.96. The van der Waals surface area contributed by atoms with Gasteiger partial charge in [0.15, 0.2) is 5.06 Å². The van der Waals surface area contributed by atoms with Gasteiger partial charge in [0.2, 0.25) is 0 Å². The van der Waals surface area contributed by atoms with E-state index in [2.05, 4.69) is 0 Å². The molecular formula is C7H9NO3S. The molecule has 0 aliphatic heterocycles. The number of rotatable bonds is 4. The van der Waals surface area contributed by atoms with E-state index in [1.54, 1.807) is 11.4 Å². The van der Waals surface area contributed by atoms with Crippen LogP contribution in [0.1, 0.15) is 10.4 Å². The van der Waals surface area contributed by atoms with Crippen LogP contribution in [0.25, 0.3) is 0 Å². The Kier molecular flexibility index (Phi) is 3.07. The summed E-state index contributed by atoms with van der Waals surface area (Å²) >= 11 is 1.28. The molecule has 0 spiro atoms. The Hall–Kier alpha value is -1.07. The average Bonchev–Trinajstić information content (AvgIpc) is 2.48. The normalized spacial score (nSPS) is 9.75. The molecule has 1 heterocycles. The van der Waals surface area contributed by atoms with Crippen LogP contribution in [0.3, 0.4) is 0 Å². The molecule has 4 nitrogen and oxygen atoms in total. The molecule has 3 N–H and O–H groups in total. The lowest BCUT2D eigenvalue weighted by Crippen LogP contribution is -2.12. The van der Waals surface area contributed by atoms with Crippen LogP contribution in [-0.4, -0.2) is 24.2 Å². The van der Waals surface area contributed by atoms with Gasteiger partial charge in [0.1, 0.15) is 6.61 Å². The van der Waals surface area contributed by atoms with Gasteiger partial charge in [0.25, 0.3) is 5.91 Å². The van der Waals surface area contributed by atoms with Crippen LogP contribution in [-0.2, 0) is 0 Å². The molecular weight excluding hydrogens is 178 g/mol. The SMILES string of the molecule is NC(=O)c1ccsc1OCCO. The van der Waals surface area contributed by atoms with Crippen molar-refractivity contribution in [3.63, 3.8) is 0 Å². The largest absolute Gasteiger partial charge is 0.481 e. The van der Waals surface area contributed by atoms with Crippen LogP contribution in [0.4, 0.5) is 0 Å². The number of ether oxygens (including phenoxy) is 1. The monoisotopic (exact) mass is 187 g/mol. The first-order valence-corrected chi connectivity index (χ1v) is 4.24. The highest BCUT2D eigenvalue weighted by atomic mass is 32.1.